The van der Waals surface area contributed by atoms with E-state index in [4.69, 9.17) is 8.92 Å². The summed E-state index contributed by atoms with van der Waals surface area (Å²) in [5.74, 6) is 0.448. The molecular weight excluding hydrogens is 402 g/mol. The Balaban J connectivity index is 1.81. The Morgan fingerprint density at radius 2 is 1.60 bits per heavy atom. The van der Waals surface area contributed by atoms with Crippen LogP contribution in [0, 0.1) is 13.8 Å². The van der Waals surface area contributed by atoms with E-state index < -0.39 is 10.1 Å². The van der Waals surface area contributed by atoms with Crippen molar-refractivity contribution in [3.8, 4) is 11.5 Å². The quantitative estimate of drug-likeness (QED) is 0.549. The number of rotatable bonds is 6. The first-order chi connectivity index (χ1) is 14.2. The van der Waals surface area contributed by atoms with Crippen LogP contribution < -0.4 is 13.8 Å². The van der Waals surface area contributed by atoms with E-state index in [1.54, 1.807) is 45.3 Å². The first-order valence-corrected chi connectivity index (χ1v) is 10.7. The van der Waals surface area contributed by atoms with Gasteiger partial charge >= 0.3 is 10.1 Å². The number of hydrogen-bond acceptors (Lipinski definition) is 5. The van der Waals surface area contributed by atoms with Crippen molar-refractivity contribution in [3.05, 3.63) is 83.4 Å². The van der Waals surface area contributed by atoms with Crippen LogP contribution in [-0.4, -0.2) is 28.5 Å². The fourth-order valence-electron chi connectivity index (χ4n) is 3.01. The molecule has 3 rings (SSSR count). The minimum absolute atomic E-state index is 0.124. The van der Waals surface area contributed by atoms with Crippen LogP contribution in [0.1, 0.15) is 21.5 Å². The van der Waals surface area contributed by atoms with Crippen molar-refractivity contribution < 1.29 is 22.1 Å². The first kappa shape index (κ1) is 21.4. The van der Waals surface area contributed by atoms with Crippen molar-refractivity contribution in [2.24, 2.45) is 0 Å². The zero-order chi connectivity index (χ0) is 21.9. The highest BCUT2D eigenvalue weighted by Gasteiger charge is 2.21. The van der Waals surface area contributed by atoms with Crippen molar-refractivity contribution in [2.45, 2.75) is 18.7 Å². The molecule has 3 aromatic rings. The molecule has 6 nitrogen and oxygen atoms in total. The fraction of sp³-hybridized carbons (Fsp3) is 0.174. The van der Waals surface area contributed by atoms with Crippen LogP contribution in [0.3, 0.4) is 0 Å². The lowest BCUT2D eigenvalue weighted by atomic mass is 10.1. The summed E-state index contributed by atoms with van der Waals surface area (Å²) in [5, 5.41) is 0. The maximum Gasteiger partial charge on any atom is 0.339 e. The molecule has 0 N–H and O–H groups in total. The van der Waals surface area contributed by atoms with E-state index in [-0.39, 0.29) is 16.6 Å². The van der Waals surface area contributed by atoms with E-state index in [0.717, 1.165) is 5.56 Å². The number of benzene rings is 3. The van der Waals surface area contributed by atoms with Gasteiger partial charge in [-0.1, -0.05) is 24.3 Å². The molecule has 0 aromatic heterocycles. The van der Waals surface area contributed by atoms with Crippen molar-refractivity contribution in [1.29, 1.82) is 0 Å². The van der Waals surface area contributed by atoms with Gasteiger partial charge in [0.1, 0.15) is 16.4 Å². The molecule has 156 valence electrons. The molecule has 0 aliphatic rings. The minimum Gasteiger partial charge on any atom is -0.495 e. The monoisotopic (exact) mass is 425 g/mol. The van der Waals surface area contributed by atoms with Gasteiger partial charge < -0.3 is 13.8 Å². The van der Waals surface area contributed by atoms with Crippen LogP contribution in [0.15, 0.2) is 71.6 Å². The van der Waals surface area contributed by atoms with Gasteiger partial charge in [-0.05, 0) is 67.4 Å². The predicted octanol–water partition coefficient (Wildman–Crippen LogP) is 4.36. The summed E-state index contributed by atoms with van der Waals surface area (Å²) in [4.78, 5) is 14.4. The molecule has 0 heterocycles. The number of amides is 1. The van der Waals surface area contributed by atoms with Gasteiger partial charge in [0.15, 0.2) is 0 Å². The van der Waals surface area contributed by atoms with E-state index in [1.165, 1.54) is 29.2 Å². The molecule has 0 aliphatic carbocycles. The Kier molecular flexibility index (Phi) is 6.12. The molecule has 1 amide bonds. The van der Waals surface area contributed by atoms with Crippen LogP contribution in [-0.2, 0) is 10.1 Å². The number of carbonyl (C=O) groups excluding carboxylic acids is 1. The Hall–Kier alpha value is -3.32. The third kappa shape index (κ3) is 4.46. The van der Waals surface area contributed by atoms with Gasteiger partial charge in [-0.15, -0.1) is 0 Å². The normalized spacial score (nSPS) is 11.1. The minimum atomic E-state index is -3.98. The maximum atomic E-state index is 12.8. The SMILES string of the molecule is COc1ccccc1N(C)C(=O)c1ccc(OS(=O)(=O)c2cc(C)ccc2C)cc1. The molecule has 0 atom stereocenters. The number of ether oxygens (including phenoxy) is 1. The molecule has 7 heteroatoms. The maximum absolute atomic E-state index is 12.8. The third-order valence-corrected chi connectivity index (χ3v) is 6.06. The zero-order valence-electron chi connectivity index (χ0n) is 17.2. The average Bonchev–Trinajstić information content (AvgIpc) is 2.74. The van der Waals surface area contributed by atoms with E-state index in [9.17, 15) is 13.2 Å². The second kappa shape index (κ2) is 8.59. The number of nitrogens with zero attached hydrogens (tertiary/aromatic N) is 1. The lowest BCUT2D eigenvalue weighted by Gasteiger charge is -2.20. The molecule has 0 saturated heterocycles. The number of methoxy groups -OCH3 is 1. The highest BCUT2D eigenvalue weighted by molar-refractivity contribution is 7.87. The van der Waals surface area contributed by atoms with Crippen LogP contribution in [0.25, 0.3) is 0 Å². The van der Waals surface area contributed by atoms with Crippen LogP contribution in [0.2, 0.25) is 0 Å². The first-order valence-electron chi connectivity index (χ1n) is 9.26. The molecule has 0 radical (unpaired) electrons. The standard InChI is InChI=1S/C23H23NO5S/c1-16-9-10-17(2)22(15-16)30(26,27)29-19-13-11-18(12-14-19)23(25)24(3)20-7-5-6-8-21(20)28-4/h5-15H,1-4H3. The number of aryl methyl sites for hydroxylation is 2. The summed E-state index contributed by atoms with van der Waals surface area (Å²) >= 11 is 0. The molecule has 0 saturated carbocycles. The molecule has 0 bridgehead atoms. The Morgan fingerprint density at radius 3 is 2.27 bits per heavy atom. The largest absolute Gasteiger partial charge is 0.495 e. The molecule has 0 unspecified atom stereocenters. The summed E-state index contributed by atoms with van der Waals surface area (Å²) in [6.45, 7) is 3.53. The molecule has 0 aliphatic heterocycles. The van der Waals surface area contributed by atoms with Gasteiger partial charge in [0.2, 0.25) is 0 Å². The van der Waals surface area contributed by atoms with E-state index in [2.05, 4.69) is 0 Å². The van der Waals surface area contributed by atoms with Gasteiger partial charge in [0, 0.05) is 12.6 Å². The Morgan fingerprint density at radius 1 is 0.933 bits per heavy atom. The summed E-state index contributed by atoms with van der Waals surface area (Å²) in [7, 11) is -0.790. The third-order valence-electron chi connectivity index (χ3n) is 4.67. The van der Waals surface area contributed by atoms with Gasteiger partial charge in [0.25, 0.3) is 5.91 Å². The lowest BCUT2D eigenvalue weighted by molar-refractivity contribution is 0.0992. The van der Waals surface area contributed by atoms with Gasteiger partial charge in [-0.2, -0.15) is 8.42 Å². The second-order valence-corrected chi connectivity index (χ2v) is 8.38. The zero-order valence-corrected chi connectivity index (χ0v) is 18.1. The fourth-order valence-corrected chi connectivity index (χ4v) is 4.26. The number of para-hydroxylation sites is 2. The molecular formula is C23H23NO5S. The number of hydrogen-bond donors (Lipinski definition) is 0. The molecule has 0 fully saturated rings. The van der Waals surface area contributed by atoms with Gasteiger partial charge in [-0.25, -0.2) is 0 Å². The highest BCUT2D eigenvalue weighted by Crippen LogP contribution is 2.28. The Bertz CT molecular complexity index is 1170. The summed E-state index contributed by atoms with van der Waals surface area (Å²) in [6, 6.07) is 18.3. The van der Waals surface area contributed by atoms with Crippen molar-refractivity contribution in [3.63, 3.8) is 0 Å². The summed E-state index contributed by atoms with van der Waals surface area (Å²) < 4.78 is 35.9. The number of anilines is 1. The van der Waals surface area contributed by atoms with E-state index in [1.807, 2.05) is 25.1 Å². The van der Waals surface area contributed by atoms with Gasteiger partial charge in [-0.3, -0.25) is 4.79 Å². The highest BCUT2D eigenvalue weighted by atomic mass is 32.2. The number of carbonyl (C=O) groups is 1. The van der Waals surface area contributed by atoms with Crippen molar-refractivity contribution >= 4 is 21.7 Å². The van der Waals surface area contributed by atoms with E-state index >= 15 is 0 Å². The second-order valence-electron chi connectivity index (χ2n) is 6.87. The van der Waals surface area contributed by atoms with Crippen molar-refractivity contribution in [2.75, 3.05) is 19.1 Å². The average molecular weight is 426 g/mol. The molecule has 0 spiro atoms. The summed E-state index contributed by atoms with van der Waals surface area (Å²) in [6.07, 6.45) is 0. The summed E-state index contributed by atoms with van der Waals surface area (Å²) in [5.41, 5.74) is 2.44. The predicted molar refractivity (Wildman–Crippen MR) is 116 cm³/mol. The van der Waals surface area contributed by atoms with Crippen LogP contribution in [0.5, 0.6) is 11.5 Å². The lowest BCUT2D eigenvalue weighted by Crippen LogP contribution is -2.26. The van der Waals surface area contributed by atoms with Crippen molar-refractivity contribution in [1.82, 2.24) is 0 Å². The smallest absolute Gasteiger partial charge is 0.339 e. The molecule has 3 aromatic carbocycles. The molecule has 30 heavy (non-hydrogen) atoms. The Labute approximate surface area is 176 Å². The van der Waals surface area contributed by atoms with Crippen LogP contribution >= 0.6 is 0 Å². The van der Waals surface area contributed by atoms with Gasteiger partial charge in [0.05, 0.1) is 12.8 Å². The topological polar surface area (TPSA) is 72.9 Å². The van der Waals surface area contributed by atoms with E-state index in [0.29, 0.717) is 22.6 Å². The van der Waals surface area contributed by atoms with Crippen LogP contribution in [0.4, 0.5) is 5.69 Å².